The van der Waals surface area contributed by atoms with Crippen LogP contribution in [-0.4, -0.2) is 85.9 Å². The van der Waals surface area contributed by atoms with Crippen molar-refractivity contribution in [1.29, 1.82) is 0 Å². The first-order chi connectivity index (χ1) is 14.6. The molecule has 0 radical (unpaired) electrons. The molecule has 4 fully saturated rings. The van der Waals surface area contributed by atoms with Crippen molar-refractivity contribution in [3.05, 3.63) is 0 Å². The summed E-state index contributed by atoms with van der Waals surface area (Å²) in [5.41, 5.74) is 0. The molecule has 4 aliphatic rings. The normalized spacial score (nSPS) is 40.8. The van der Waals surface area contributed by atoms with Gasteiger partial charge < -0.3 is 9.47 Å². The molecule has 1 N–H and O–H groups in total. The number of likely N-dealkylation sites (tertiary alicyclic amines) is 1. The Bertz CT molecular complexity index is 564. The van der Waals surface area contributed by atoms with Gasteiger partial charge in [0.1, 0.15) is 6.04 Å². The highest BCUT2D eigenvalue weighted by Crippen LogP contribution is 2.33. The van der Waals surface area contributed by atoms with Crippen LogP contribution in [0.1, 0.15) is 57.8 Å². The maximum absolute atomic E-state index is 12.6. The van der Waals surface area contributed by atoms with E-state index in [1.165, 1.54) is 32.8 Å². The summed E-state index contributed by atoms with van der Waals surface area (Å²) in [4.78, 5) is 17.7. The first kappa shape index (κ1) is 22.8. The van der Waals surface area contributed by atoms with E-state index in [0.717, 1.165) is 64.3 Å². The Hall–Kier alpha value is -0.400. The van der Waals surface area contributed by atoms with Gasteiger partial charge in [-0.25, -0.2) is 0 Å². The number of carbonyl (C=O) groups is 1. The molecule has 0 amide bonds. The first-order valence-corrected chi connectivity index (χ1v) is 12.5. The van der Waals surface area contributed by atoms with Gasteiger partial charge in [-0.2, -0.15) is 0 Å². The van der Waals surface area contributed by atoms with Gasteiger partial charge in [-0.15, -0.1) is 11.6 Å². The third kappa shape index (κ3) is 5.32. The lowest BCUT2D eigenvalue weighted by Gasteiger charge is -2.44. The van der Waals surface area contributed by atoms with Crippen LogP contribution in [0, 0.1) is 11.8 Å². The van der Waals surface area contributed by atoms with E-state index in [2.05, 4.69) is 15.1 Å². The fraction of sp³-hybridized carbons (Fsp3) is 0.957. The molecule has 0 aromatic heterocycles. The maximum atomic E-state index is 12.6. The zero-order chi connectivity index (χ0) is 21.1. The average Bonchev–Trinajstić information content (AvgIpc) is 3.16. The number of nitrogens with one attached hydrogen (secondary N) is 1. The van der Waals surface area contributed by atoms with Gasteiger partial charge in [0.2, 0.25) is 0 Å². The van der Waals surface area contributed by atoms with Crippen LogP contribution in [0.15, 0.2) is 0 Å². The Morgan fingerprint density at radius 3 is 2.23 bits per heavy atom. The van der Waals surface area contributed by atoms with Gasteiger partial charge in [0, 0.05) is 50.9 Å². The number of carbonyl (C=O) groups excluding carboxylic acids is 1. The second-order valence-electron chi connectivity index (χ2n) is 10.0. The van der Waals surface area contributed by atoms with Crippen molar-refractivity contribution in [2.75, 3.05) is 40.5 Å². The summed E-state index contributed by atoms with van der Waals surface area (Å²) in [5.74, 6) is 1.35. The van der Waals surface area contributed by atoms with Gasteiger partial charge in [0.05, 0.1) is 13.2 Å². The van der Waals surface area contributed by atoms with E-state index in [-0.39, 0.29) is 12.0 Å². The minimum atomic E-state index is -0.115. The van der Waals surface area contributed by atoms with Gasteiger partial charge in [0.25, 0.3) is 0 Å². The zero-order valence-electron chi connectivity index (χ0n) is 18.7. The van der Waals surface area contributed by atoms with Crippen molar-refractivity contribution in [3.8, 4) is 0 Å². The maximum Gasteiger partial charge on any atom is 0.323 e. The van der Waals surface area contributed by atoms with E-state index < -0.39 is 0 Å². The molecule has 2 aliphatic heterocycles. The molecule has 3 atom stereocenters. The van der Waals surface area contributed by atoms with Gasteiger partial charge in [-0.05, 0) is 69.6 Å². The summed E-state index contributed by atoms with van der Waals surface area (Å²) in [5, 5.41) is 4.08. The van der Waals surface area contributed by atoms with Crippen molar-refractivity contribution >= 4 is 17.6 Å². The van der Waals surface area contributed by atoms with Crippen LogP contribution in [-0.2, 0) is 14.3 Å². The largest absolute Gasteiger partial charge is 0.468 e. The number of esters is 1. The molecule has 172 valence electrons. The number of nitrogens with zero attached hydrogens (tertiary/aromatic N) is 2. The molecular formula is C23H40ClN3O3. The molecule has 2 saturated heterocycles. The molecule has 3 unspecified atom stereocenters. The lowest BCUT2D eigenvalue weighted by atomic mass is 9.85. The van der Waals surface area contributed by atoms with Crippen LogP contribution in [0.2, 0.25) is 0 Å². The lowest BCUT2D eigenvalue weighted by molar-refractivity contribution is -0.149. The van der Waals surface area contributed by atoms with Crippen LogP contribution in [0.4, 0.5) is 0 Å². The highest BCUT2D eigenvalue weighted by Gasteiger charge is 2.45. The Morgan fingerprint density at radius 2 is 1.60 bits per heavy atom. The molecule has 30 heavy (non-hydrogen) atoms. The topological polar surface area (TPSA) is 54.0 Å². The number of alkyl halides is 1. The molecule has 4 rings (SSSR count). The third-order valence-corrected chi connectivity index (χ3v) is 8.63. The Kier molecular flexibility index (Phi) is 7.96. The first-order valence-electron chi connectivity index (χ1n) is 12.0. The van der Waals surface area contributed by atoms with Gasteiger partial charge in [-0.3, -0.25) is 19.9 Å². The number of hydrogen-bond acceptors (Lipinski definition) is 6. The quantitative estimate of drug-likeness (QED) is 0.505. The molecule has 0 aromatic rings. The van der Waals surface area contributed by atoms with Crippen molar-refractivity contribution in [1.82, 2.24) is 15.1 Å². The molecule has 2 aliphatic carbocycles. The molecule has 2 heterocycles. The number of rotatable bonds is 6. The summed E-state index contributed by atoms with van der Waals surface area (Å²) < 4.78 is 10.7. The van der Waals surface area contributed by atoms with Gasteiger partial charge in [0.15, 0.2) is 0 Å². The van der Waals surface area contributed by atoms with Crippen LogP contribution >= 0.6 is 11.6 Å². The number of ether oxygens (including phenoxy) is 2. The molecule has 2 saturated carbocycles. The van der Waals surface area contributed by atoms with E-state index in [4.69, 9.17) is 21.1 Å². The van der Waals surface area contributed by atoms with Gasteiger partial charge >= 0.3 is 5.97 Å². The SMILES string of the molecule is COC(=O)C1CC2NCN(CC3CCC(Cl)CC3)C2CN1CC1CCC(OC)CC1. The predicted octanol–water partition coefficient (Wildman–Crippen LogP) is 2.84. The molecule has 0 spiro atoms. The van der Waals surface area contributed by atoms with Crippen molar-refractivity contribution in [3.63, 3.8) is 0 Å². The minimum absolute atomic E-state index is 0.0697. The smallest absolute Gasteiger partial charge is 0.323 e. The van der Waals surface area contributed by atoms with E-state index >= 15 is 0 Å². The van der Waals surface area contributed by atoms with Crippen LogP contribution in [0.5, 0.6) is 0 Å². The second kappa shape index (κ2) is 10.5. The third-order valence-electron chi connectivity index (χ3n) is 8.19. The van der Waals surface area contributed by atoms with E-state index in [0.29, 0.717) is 29.5 Å². The highest BCUT2D eigenvalue weighted by atomic mass is 35.5. The van der Waals surface area contributed by atoms with Crippen molar-refractivity contribution < 1.29 is 14.3 Å². The Labute approximate surface area is 187 Å². The predicted molar refractivity (Wildman–Crippen MR) is 119 cm³/mol. The zero-order valence-corrected chi connectivity index (χ0v) is 19.5. The number of halogens is 1. The highest BCUT2D eigenvalue weighted by molar-refractivity contribution is 6.20. The fourth-order valence-electron chi connectivity index (χ4n) is 6.28. The molecular weight excluding hydrogens is 402 g/mol. The Morgan fingerprint density at radius 1 is 0.967 bits per heavy atom. The number of hydrogen-bond donors (Lipinski definition) is 1. The van der Waals surface area contributed by atoms with Crippen molar-refractivity contribution in [2.24, 2.45) is 11.8 Å². The summed E-state index contributed by atoms with van der Waals surface area (Å²) in [6.45, 7) is 4.07. The summed E-state index contributed by atoms with van der Waals surface area (Å²) in [6, 6.07) is 0.768. The standard InChI is InChI=1S/C23H40ClN3O3/c1-29-19-9-5-17(6-10-19)12-26-14-22-20(11-21(26)23(28)30-2)25-15-27(22)13-16-3-7-18(24)8-4-16/h16-22,25H,3-15H2,1-2H3. The number of piperidine rings is 1. The van der Waals surface area contributed by atoms with Gasteiger partial charge in [-0.1, -0.05) is 0 Å². The van der Waals surface area contributed by atoms with Crippen LogP contribution < -0.4 is 5.32 Å². The molecule has 0 bridgehead atoms. The monoisotopic (exact) mass is 441 g/mol. The van der Waals surface area contributed by atoms with Crippen molar-refractivity contribution in [2.45, 2.75) is 87.4 Å². The average molecular weight is 442 g/mol. The lowest BCUT2D eigenvalue weighted by Crippen LogP contribution is -2.59. The van der Waals surface area contributed by atoms with E-state index in [1.54, 1.807) is 0 Å². The summed E-state index contributed by atoms with van der Waals surface area (Å²) in [7, 11) is 3.35. The molecule has 7 heteroatoms. The fourth-order valence-corrected chi connectivity index (χ4v) is 6.54. The summed E-state index contributed by atoms with van der Waals surface area (Å²) in [6.07, 6.45) is 10.8. The second-order valence-corrected chi connectivity index (χ2v) is 10.6. The minimum Gasteiger partial charge on any atom is -0.468 e. The van der Waals surface area contributed by atoms with E-state index in [1.807, 2.05) is 7.11 Å². The molecule has 0 aromatic carbocycles. The summed E-state index contributed by atoms with van der Waals surface area (Å²) >= 11 is 6.31. The number of fused-ring (bicyclic) bond motifs is 1. The van der Waals surface area contributed by atoms with Crippen LogP contribution in [0.3, 0.4) is 0 Å². The van der Waals surface area contributed by atoms with E-state index in [9.17, 15) is 4.79 Å². The molecule has 6 nitrogen and oxygen atoms in total. The van der Waals surface area contributed by atoms with Crippen LogP contribution in [0.25, 0.3) is 0 Å². The Balaban J connectivity index is 1.37. The number of methoxy groups -OCH3 is 2.